The molecule has 1 saturated heterocycles. The number of anilines is 1. The van der Waals surface area contributed by atoms with E-state index in [9.17, 15) is 13.2 Å². The van der Waals surface area contributed by atoms with Gasteiger partial charge in [-0.15, -0.1) is 0 Å². The summed E-state index contributed by atoms with van der Waals surface area (Å²) in [5.74, 6) is 0.196. The molecule has 1 fully saturated rings. The van der Waals surface area contributed by atoms with E-state index in [1.807, 2.05) is 4.90 Å². The van der Waals surface area contributed by atoms with Crippen LogP contribution in [0.3, 0.4) is 0 Å². The molecule has 0 spiro atoms. The maximum Gasteiger partial charge on any atom is 0.289 e. The number of carbonyl (C=O) groups is 1. The molecule has 0 bridgehead atoms. The number of nitrogens with one attached hydrogen (secondary N) is 1. The number of sulfonamides is 1. The highest BCUT2D eigenvalue weighted by atomic mass is 32.2. The Morgan fingerprint density at radius 1 is 1.08 bits per heavy atom. The van der Waals surface area contributed by atoms with Crippen LogP contribution in [-0.2, 0) is 10.0 Å². The largest absolute Gasteiger partial charge is 0.459 e. The average Bonchev–Trinajstić information content (AvgIpc) is 3.15. The summed E-state index contributed by atoms with van der Waals surface area (Å²) >= 11 is 5.40. The minimum absolute atomic E-state index is 0.0408. The Balaban J connectivity index is 1.54. The van der Waals surface area contributed by atoms with Crippen LogP contribution < -0.4 is 10.5 Å². The average molecular weight is 394 g/mol. The molecule has 0 radical (unpaired) electrons. The van der Waals surface area contributed by atoms with Crippen LogP contribution in [0.2, 0.25) is 0 Å². The molecule has 1 aromatic heterocycles. The first kappa shape index (κ1) is 18.4. The van der Waals surface area contributed by atoms with E-state index in [-0.39, 0.29) is 10.8 Å². The van der Waals surface area contributed by atoms with Crippen molar-refractivity contribution in [1.82, 2.24) is 9.80 Å². The van der Waals surface area contributed by atoms with Crippen LogP contribution in [0.1, 0.15) is 10.6 Å². The molecule has 8 nitrogen and oxygen atoms in total. The number of benzene rings is 1. The van der Waals surface area contributed by atoms with E-state index in [4.69, 9.17) is 21.8 Å². The van der Waals surface area contributed by atoms with Crippen LogP contribution in [0.25, 0.3) is 0 Å². The number of primary sulfonamides is 1. The molecule has 3 rings (SSSR count). The number of hydrogen-bond acceptors (Lipinski definition) is 5. The van der Waals surface area contributed by atoms with E-state index in [1.165, 1.54) is 18.4 Å². The van der Waals surface area contributed by atoms with E-state index in [2.05, 4.69) is 5.32 Å². The minimum Gasteiger partial charge on any atom is -0.459 e. The monoisotopic (exact) mass is 394 g/mol. The predicted octanol–water partition coefficient (Wildman–Crippen LogP) is 1.08. The number of rotatable bonds is 3. The summed E-state index contributed by atoms with van der Waals surface area (Å²) in [6.07, 6.45) is 1.48. The summed E-state index contributed by atoms with van der Waals surface area (Å²) in [4.78, 5) is 16.0. The second kappa shape index (κ2) is 7.44. The van der Waals surface area contributed by atoms with E-state index in [0.717, 1.165) is 0 Å². The third-order valence-electron chi connectivity index (χ3n) is 4.02. The van der Waals surface area contributed by atoms with Crippen LogP contribution in [0.15, 0.2) is 52.0 Å². The van der Waals surface area contributed by atoms with Gasteiger partial charge >= 0.3 is 0 Å². The Morgan fingerprint density at radius 2 is 1.69 bits per heavy atom. The van der Waals surface area contributed by atoms with Crippen molar-refractivity contribution in [3.8, 4) is 0 Å². The molecule has 3 N–H and O–H groups in total. The smallest absolute Gasteiger partial charge is 0.289 e. The summed E-state index contributed by atoms with van der Waals surface area (Å²) in [6.45, 7) is 2.25. The normalized spacial score (nSPS) is 15.0. The van der Waals surface area contributed by atoms with Crippen molar-refractivity contribution >= 4 is 38.9 Å². The van der Waals surface area contributed by atoms with Crippen molar-refractivity contribution in [2.75, 3.05) is 31.5 Å². The van der Waals surface area contributed by atoms with Gasteiger partial charge in [0.25, 0.3) is 5.91 Å². The first-order valence-electron chi connectivity index (χ1n) is 7.86. The summed E-state index contributed by atoms with van der Waals surface area (Å²) in [6, 6.07) is 9.36. The molecule has 0 unspecified atom stereocenters. The van der Waals surface area contributed by atoms with Crippen molar-refractivity contribution in [2.45, 2.75) is 4.90 Å². The van der Waals surface area contributed by atoms with Crippen LogP contribution in [0.4, 0.5) is 5.69 Å². The highest BCUT2D eigenvalue weighted by Crippen LogP contribution is 2.15. The molecule has 1 aliphatic rings. The molecule has 138 valence electrons. The molecule has 1 aliphatic heterocycles. The van der Waals surface area contributed by atoms with Gasteiger partial charge in [0.1, 0.15) is 0 Å². The van der Waals surface area contributed by atoms with Gasteiger partial charge in [0, 0.05) is 31.9 Å². The third-order valence-corrected chi connectivity index (χ3v) is 5.31. The fraction of sp³-hybridized carbons (Fsp3) is 0.250. The van der Waals surface area contributed by atoms with E-state index >= 15 is 0 Å². The van der Waals surface area contributed by atoms with Crippen molar-refractivity contribution < 1.29 is 17.6 Å². The molecule has 2 heterocycles. The van der Waals surface area contributed by atoms with Crippen LogP contribution in [0, 0.1) is 0 Å². The Kier molecular flexibility index (Phi) is 5.25. The van der Waals surface area contributed by atoms with Gasteiger partial charge in [0.2, 0.25) is 10.0 Å². The molecule has 26 heavy (non-hydrogen) atoms. The molecule has 1 amide bonds. The number of hydrogen-bond donors (Lipinski definition) is 2. The number of furan rings is 1. The molecule has 1 aromatic carbocycles. The lowest BCUT2D eigenvalue weighted by Gasteiger charge is -2.35. The van der Waals surface area contributed by atoms with Gasteiger partial charge in [-0.1, -0.05) is 0 Å². The number of thiocarbonyl (C=S) groups is 1. The molecule has 0 saturated carbocycles. The second-order valence-electron chi connectivity index (χ2n) is 5.76. The van der Waals surface area contributed by atoms with Crippen molar-refractivity contribution in [3.05, 3.63) is 48.4 Å². The Hall–Kier alpha value is -2.43. The second-order valence-corrected chi connectivity index (χ2v) is 7.70. The standard InChI is InChI=1S/C16H18N4O4S2/c17-26(22,23)13-5-3-12(4-6-13)18-16(25)20-9-7-19(8-10-20)15(21)14-2-1-11-24-14/h1-6,11H,7-10H2,(H,18,25)(H2,17,22,23). The van der Waals surface area contributed by atoms with Crippen LogP contribution >= 0.6 is 12.2 Å². The summed E-state index contributed by atoms with van der Waals surface area (Å²) < 4.78 is 27.7. The molecule has 0 aliphatic carbocycles. The maximum absolute atomic E-state index is 12.2. The van der Waals surface area contributed by atoms with Gasteiger partial charge in [0.05, 0.1) is 11.2 Å². The SMILES string of the molecule is NS(=O)(=O)c1ccc(NC(=S)N2CCN(C(=O)c3ccco3)CC2)cc1. The van der Waals surface area contributed by atoms with Gasteiger partial charge < -0.3 is 19.5 Å². The van der Waals surface area contributed by atoms with E-state index < -0.39 is 10.0 Å². The maximum atomic E-state index is 12.2. The number of piperazine rings is 1. The summed E-state index contributed by atoms with van der Waals surface area (Å²) in [7, 11) is -3.72. The van der Waals surface area contributed by atoms with Gasteiger partial charge in [-0.05, 0) is 48.6 Å². The first-order valence-corrected chi connectivity index (χ1v) is 9.81. The number of nitrogens with two attached hydrogens (primary N) is 1. The zero-order valence-corrected chi connectivity index (χ0v) is 15.4. The lowest BCUT2D eigenvalue weighted by molar-refractivity contribution is 0.0661. The summed E-state index contributed by atoms with van der Waals surface area (Å²) in [5.41, 5.74) is 0.663. The van der Waals surface area contributed by atoms with Crippen molar-refractivity contribution in [1.29, 1.82) is 0 Å². The predicted molar refractivity (Wildman–Crippen MR) is 100 cm³/mol. The van der Waals surface area contributed by atoms with E-state index in [0.29, 0.717) is 42.7 Å². The number of carbonyl (C=O) groups excluding carboxylic acids is 1. The molecule has 10 heteroatoms. The molecular weight excluding hydrogens is 376 g/mol. The van der Waals surface area contributed by atoms with Gasteiger partial charge in [-0.2, -0.15) is 0 Å². The number of amides is 1. The minimum atomic E-state index is -3.72. The first-order chi connectivity index (χ1) is 12.3. The highest BCUT2D eigenvalue weighted by molar-refractivity contribution is 7.89. The third kappa shape index (κ3) is 4.21. The Bertz CT molecular complexity index is 887. The zero-order valence-electron chi connectivity index (χ0n) is 13.8. The highest BCUT2D eigenvalue weighted by Gasteiger charge is 2.24. The lowest BCUT2D eigenvalue weighted by atomic mass is 10.3. The van der Waals surface area contributed by atoms with Crippen LogP contribution in [0.5, 0.6) is 0 Å². The quantitative estimate of drug-likeness (QED) is 0.750. The topological polar surface area (TPSA) is 109 Å². The van der Waals surface area contributed by atoms with Crippen LogP contribution in [-0.4, -0.2) is 55.4 Å². The summed E-state index contributed by atoms with van der Waals surface area (Å²) in [5, 5.41) is 8.65. The fourth-order valence-electron chi connectivity index (χ4n) is 2.60. The van der Waals surface area contributed by atoms with Gasteiger partial charge in [-0.25, -0.2) is 13.6 Å². The van der Waals surface area contributed by atoms with Gasteiger partial charge in [0.15, 0.2) is 10.9 Å². The number of nitrogens with zero attached hydrogens (tertiary/aromatic N) is 2. The Labute approximate surface area is 156 Å². The van der Waals surface area contributed by atoms with Crippen molar-refractivity contribution in [3.63, 3.8) is 0 Å². The Morgan fingerprint density at radius 3 is 2.23 bits per heavy atom. The zero-order chi connectivity index (χ0) is 18.7. The lowest BCUT2D eigenvalue weighted by Crippen LogP contribution is -2.51. The fourth-order valence-corrected chi connectivity index (χ4v) is 3.42. The molecular formula is C16H18N4O4S2. The van der Waals surface area contributed by atoms with Gasteiger partial charge in [-0.3, -0.25) is 4.79 Å². The molecule has 2 aromatic rings. The molecule has 0 atom stereocenters. The van der Waals surface area contributed by atoms with Crippen molar-refractivity contribution in [2.24, 2.45) is 5.14 Å². The van der Waals surface area contributed by atoms with E-state index in [1.54, 1.807) is 29.2 Å².